The fourth-order valence-corrected chi connectivity index (χ4v) is 3.50. The number of rotatable bonds is 6. The highest BCUT2D eigenvalue weighted by molar-refractivity contribution is 6.30. The normalized spacial score (nSPS) is 25.9. The van der Waals surface area contributed by atoms with Crippen molar-refractivity contribution in [3.8, 4) is 0 Å². The number of nitrogens with zero attached hydrogens (tertiary/aromatic N) is 1. The fraction of sp³-hybridized carbons (Fsp3) is 0.667. The number of aliphatic hydroxyl groups excluding tert-OH is 1. The molecular weight excluding hydrogens is 298 g/mol. The SMILES string of the molecule is CC1CC(C)CN(CC(O)COC(C)c2ccc(Cl)cc2)C1. The number of aliphatic hydroxyl groups is 1. The van der Waals surface area contributed by atoms with Crippen molar-refractivity contribution in [1.82, 2.24) is 4.90 Å². The molecule has 0 amide bonds. The van der Waals surface area contributed by atoms with Crippen molar-refractivity contribution < 1.29 is 9.84 Å². The largest absolute Gasteiger partial charge is 0.389 e. The molecule has 1 N–H and O–H groups in total. The van der Waals surface area contributed by atoms with Crippen LogP contribution >= 0.6 is 11.6 Å². The van der Waals surface area contributed by atoms with Crippen molar-refractivity contribution in [2.75, 3.05) is 26.2 Å². The van der Waals surface area contributed by atoms with Crippen molar-refractivity contribution in [1.29, 1.82) is 0 Å². The van der Waals surface area contributed by atoms with E-state index in [1.165, 1.54) is 6.42 Å². The van der Waals surface area contributed by atoms with Crippen molar-refractivity contribution in [2.24, 2.45) is 11.8 Å². The Balaban J connectivity index is 1.75. The molecule has 0 spiro atoms. The second kappa shape index (κ2) is 8.30. The lowest BCUT2D eigenvalue weighted by atomic mass is 9.92. The summed E-state index contributed by atoms with van der Waals surface area (Å²) in [6, 6.07) is 7.66. The second-order valence-electron chi connectivity index (χ2n) is 6.85. The molecular formula is C18H28ClNO2. The first-order valence-electron chi connectivity index (χ1n) is 8.21. The Morgan fingerprint density at radius 3 is 2.41 bits per heavy atom. The number of halogens is 1. The van der Waals surface area contributed by atoms with E-state index in [1.807, 2.05) is 31.2 Å². The second-order valence-corrected chi connectivity index (χ2v) is 7.28. The zero-order valence-corrected chi connectivity index (χ0v) is 14.6. The van der Waals surface area contributed by atoms with E-state index in [9.17, 15) is 5.11 Å². The Kier molecular flexibility index (Phi) is 6.69. The number of β-amino-alcohol motifs (C(OH)–C–C–N with tert-alkyl or cyclic N) is 1. The van der Waals surface area contributed by atoms with Crippen LogP contribution in [0.3, 0.4) is 0 Å². The maximum absolute atomic E-state index is 10.2. The smallest absolute Gasteiger partial charge is 0.0900 e. The van der Waals surface area contributed by atoms with E-state index in [1.54, 1.807) is 0 Å². The highest BCUT2D eigenvalue weighted by atomic mass is 35.5. The molecule has 4 unspecified atom stereocenters. The third-order valence-electron chi connectivity index (χ3n) is 4.29. The van der Waals surface area contributed by atoms with Crippen LogP contribution in [0, 0.1) is 11.8 Å². The Hall–Kier alpha value is -0.610. The molecule has 1 heterocycles. The van der Waals surface area contributed by atoms with E-state index in [-0.39, 0.29) is 6.10 Å². The summed E-state index contributed by atoms with van der Waals surface area (Å²) in [5.74, 6) is 1.43. The molecule has 4 heteroatoms. The molecule has 0 saturated carbocycles. The van der Waals surface area contributed by atoms with Crippen LogP contribution in [0.2, 0.25) is 5.02 Å². The molecule has 1 saturated heterocycles. The summed E-state index contributed by atoms with van der Waals surface area (Å²) in [5.41, 5.74) is 1.08. The Bertz CT molecular complexity index is 441. The highest BCUT2D eigenvalue weighted by Gasteiger charge is 2.23. The van der Waals surface area contributed by atoms with Crippen LogP contribution in [0.5, 0.6) is 0 Å². The maximum atomic E-state index is 10.2. The van der Waals surface area contributed by atoms with E-state index < -0.39 is 6.10 Å². The third kappa shape index (κ3) is 5.54. The molecule has 0 bridgehead atoms. The molecule has 4 atom stereocenters. The standard InChI is InChI=1S/C18H28ClNO2/c1-13-8-14(2)10-20(9-13)11-18(21)12-22-15(3)16-4-6-17(19)7-5-16/h4-7,13-15,18,21H,8-12H2,1-3H3. The first-order chi connectivity index (χ1) is 10.4. The van der Waals surface area contributed by atoms with Gasteiger partial charge in [0.25, 0.3) is 0 Å². The van der Waals surface area contributed by atoms with E-state index in [0.29, 0.717) is 25.0 Å². The van der Waals surface area contributed by atoms with Gasteiger partial charge in [-0.15, -0.1) is 0 Å². The van der Waals surface area contributed by atoms with Gasteiger partial charge in [-0.3, -0.25) is 0 Å². The van der Waals surface area contributed by atoms with Gasteiger partial charge in [-0.05, 0) is 42.9 Å². The van der Waals surface area contributed by atoms with Gasteiger partial charge >= 0.3 is 0 Å². The van der Waals surface area contributed by atoms with Crippen LogP contribution in [0.4, 0.5) is 0 Å². The van der Waals surface area contributed by atoms with Gasteiger partial charge in [0.2, 0.25) is 0 Å². The molecule has 3 nitrogen and oxygen atoms in total. The number of hydrogen-bond donors (Lipinski definition) is 1. The first-order valence-corrected chi connectivity index (χ1v) is 8.59. The summed E-state index contributed by atoms with van der Waals surface area (Å²) in [6.45, 7) is 9.79. The van der Waals surface area contributed by atoms with Gasteiger partial charge in [-0.2, -0.15) is 0 Å². The fourth-order valence-electron chi connectivity index (χ4n) is 3.38. The van der Waals surface area contributed by atoms with E-state index in [2.05, 4.69) is 18.7 Å². The predicted molar refractivity (Wildman–Crippen MR) is 91.2 cm³/mol. The van der Waals surface area contributed by atoms with E-state index in [0.717, 1.165) is 23.7 Å². The van der Waals surface area contributed by atoms with Crippen LogP contribution < -0.4 is 0 Å². The van der Waals surface area contributed by atoms with Crippen molar-refractivity contribution in [3.63, 3.8) is 0 Å². The zero-order chi connectivity index (χ0) is 16.1. The molecule has 1 aromatic carbocycles. The lowest BCUT2D eigenvalue weighted by Gasteiger charge is -2.36. The van der Waals surface area contributed by atoms with Gasteiger partial charge in [-0.1, -0.05) is 37.6 Å². The van der Waals surface area contributed by atoms with E-state index in [4.69, 9.17) is 16.3 Å². The van der Waals surface area contributed by atoms with Gasteiger partial charge in [0, 0.05) is 24.7 Å². The molecule has 22 heavy (non-hydrogen) atoms. The number of piperidine rings is 1. The van der Waals surface area contributed by atoms with Crippen LogP contribution in [0.15, 0.2) is 24.3 Å². The summed E-state index contributed by atoms with van der Waals surface area (Å²) in [7, 11) is 0. The molecule has 0 aliphatic carbocycles. The van der Waals surface area contributed by atoms with Crippen LogP contribution in [-0.4, -0.2) is 42.4 Å². The van der Waals surface area contributed by atoms with Gasteiger partial charge in [0.15, 0.2) is 0 Å². The van der Waals surface area contributed by atoms with Gasteiger partial charge in [0.1, 0.15) is 0 Å². The quantitative estimate of drug-likeness (QED) is 0.864. The maximum Gasteiger partial charge on any atom is 0.0900 e. The Labute approximate surface area is 139 Å². The summed E-state index contributed by atoms with van der Waals surface area (Å²) in [6.07, 6.45) is 0.815. The predicted octanol–water partition coefficient (Wildman–Crippen LogP) is 3.76. The third-order valence-corrected chi connectivity index (χ3v) is 4.54. The van der Waals surface area contributed by atoms with E-state index >= 15 is 0 Å². The summed E-state index contributed by atoms with van der Waals surface area (Å²) < 4.78 is 5.81. The number of ether oxygens (including phenoxy) is 1. The number of hydrogen-bond acceptors (Lipinski definition) is 3. The molecule has 2 rings (SSSR count). The number of benzene rings is 1. The van der Waals surface area contributed by atoms with Crippen LogP contribution in [0.25, 0.3) is 0 Å². The topological polar surface area (TPSA) is 32.7 Å². The lowest BCUT2D eigenvalue weighted by molar-refractivity contribution is -0.0227. The first kappa shape index (κ1) is 17.7. The molecule has 1 fully saturated rings. The van der Waals surface area contributed by atoms with Crippen molar-refractivity contribution in [3.05, 3.63) is 34.9 Å². The van der Waals surface area contributed by atoms with Crippen molar-refractivity contribution in [2.45, 2.75) is 39.4 Å². The molecule has 124 valence electrons. The van der Waals surface area contributed by atoms with Crippen LogP contribution in [-0.2, 0) is 4.74 Å². The molecule has 1 aliphatic heterocycles. The van der Waals surface area contributed by atoms with Gasteiger partial charge < -0.3 is 14.7 Å². The molecule has 0 aromatic heterocycles. The minimum atomic E-state index is -0.438. The zero-order valence-electron chi connectivity index (χ0n) is 13.8. The highest BCUT2D eigenvalue weighted by Crippen LogP contribution is 2.22. The minimum absolute atomic E-state index is 0.0360. The van der Waals surface area contributed by atoms with Crippen LogP contribution in [0.1, 0.15) is 38.9 Å². The average molecular weight is 326 g/mol. The van der Waals surface area contributed by atoms with Crippen molar-refractivity contribution >= 4 is 11.6 Å². The summed E-state index contributed by atoms with van der Waals surface area (Å²) >= 11 is 5.89. The average Bonchev–Trinajstić information content (AvgIpc) is 2.44. The lowest BCUT2D eigenvalue weighted by Crippen LogP contribution is -2.43. The molecule has 1 aromatic rings. The Morgan fingerprint density at radius 2 is 1.82 bits per heavy atom. The van der Waals surface area contributed by atoms with Gasteiger partial charge in [0.05, 0.1) is 18.8 Å². The molecule has 0 radical (unpaired) electrons. The number of likely N-dealkylation sites (tertiary alicyclic amines) is 1. The summed E-state index contributed by atoms with van der Waals surface area (Å²) in [4.78, 5) is 2.36. The minimum Gasteiger partial charge on any atom is -0.389 e. The summed E-state index contributed by atoms with van der Waals surface area (Å²) in [5, 5.41) is 11.0. The Morgan fingerprint density at radius 1 is 1.23 bits per heavy atom. The molecule has 1 aliphatic rings. The van der Waals surface area contributed by atoms with Gasteiger partial charge in [-0.25, -0.2) is 0 Å². The monoisotopic (exact) mass is 325 g/mol.